The molecule has 0 bridgehead atoms. The Morgan fingerprint density at radius 1 is 1.32 bits per heavy atom. The second kappa shape index (κ2) is 6.10. The van der Waals surface area contributed by atoms with Gasteiger partial charge in [0.25, 0.3) is 5.91 Å². The van der Waals surface area contributed by atoms with E-state index in [-0.39, 0.29) is 11.9 Å². The molecule has 0 spiro atoms. The molecule has 0 aliphatic carbocycles. The molecule has 116 valence electrons. The third-order valence-electron chi connectivity index (χ3n) is 4.02. The molecule has 2 aromatic rings. The topological polar surface area (TPSA) is 64.2 Å². The van der Waals surface area contributed by atoms with Gasteiger partial charge in [-0.05, 0) is 18.9 Å². The average Bonchev–Trinajstić information content (AvgIpc) is 2.89. The number of piperidine rings is 1. The molecule has 1 aromatic heterocycles. The first-order chi connectivity index (χ1) is 10.6. The standard InChI is InChI=1S/C16H19ClN4O/c1-20-10-13(16(22)21-8-6-11(18)7-9-21)15(19-20)12-4-2-3-5-14(12)17/h2-5,10-11H,6-9,18H2,1H3. The van der Waals surface area contributed by atoms with Crippen LogP contribution in [0, 0.1) is 0 Å². The third kappa shape index (κ3) is 2.87. The zero-order valence-electron chi connectivity index (χ0n) is 12.5. The van der Waals surface area contributed by atoms with Crippen molar-refractivity contribution in [2.75, 3.05) is 13.1 Å². The van der Waals surface area contributed by atoms with Crippen molar-refractivity contribution in [2.24, 2.45) is 12.8 Å². The van der Waals surface area contributed by atoms with Crippen molar-refractivity contribution < 1.29 is 4.79 Å². The molecule has 1 fully saturated rings. The Balaban J connectivity index is 1.95. The molecule has 1 aliphatic rings. The van der Waals surface area contributed by atoms with Crippen molar-refractivity contribution in [1.82, 2.24) is 14.7 Å². The SMILES string of the molecule is Cn1cc(C(=O)N2CCC(N)CC2)c(-c2ccccc2Cl)n1. The number of nitrogens with zero attached hydrogens (tertiary/aromatic N) is 3. The van der Waals surface area contributed by atoms with Crippen molar-refractivity contribution in [3.8, 4) is 11.3 Å². The van der Waals surface area contributed by atoms with Gasteiger partial charge in [-0.2, -0.15) is 5.10 Å². The zero-order valence-corrected chi connectivity index (χ0v) is 13.3. The van der Waals surface area contributed by atoms with Crippen LogP contribution in [0.5, 0.6) is 0 Å². The highest BCUT2D eigenvalue weighted by Crippen LogP contribution is 2.30. The summed E-state index contributed by atoms with van der Waals surface area (Å²) in [6.45, 7) is 1.38. The van der Waals surface area contributed by atoms with E-state index in [2.05, 4.69) is 5.10 Å². The first-order valence-electron chi connectivity index (χ1n) is 7.39. The minimum Gasteiger partial charge on any atom is -0.338 e. The molecular formula is C16H19ClN4O. The molecule has 6 heteroatoms. The number of carbonyl (C=O) groups is 1. The highest BCUT2D eigenvalue weighted by Gasteiger charge is 2.26. The summed E-state index contributed by atoms with van der Waals surface area (Å²) in [4.78, 5) is 14.7. The Labute approximate surface area is 134 Å². The minimum atomic E-state index is -0.00470. The number of hydrogen-bond acceptors (Lipinski definition) is 3. The fourth-order valence-corrected chi connectivity index (χ4v) is 3.00. The normalized spacial score (nSPS) is 16.0. The van der Waals surface area contributed by atoms with Gasteiger partial charge in [-0.25, -0.2) is 0 Å². The van der Waals surface area contributed by atoms with Crippen molar-refractivity contribution in [3.63, 3.8) is 0 Å². The van der Waals surface area contributed by atoms with Crippen molar-refractivity contribution >= 4 is 17.5 Å². The maximum Gasteiger partial charge on any atom is 0.257 e. The monoisotopic (exact) mass is 318 g/mol. The molecule has 0 unspecified atom stereocenters. The van der Waals surface area contributed by atoms with Gasteiger partial charge in [-0.15, -0.1) is 0 Å². The first-order valence-corrected chi connectivity index (χ1v) is 7.77. The van der Waals surface area contributed by atoms with Crippen LogP contribution in [0.15, 0.2) is 30.5 Å². The number of carbonyl (C=O) groups excluding carboxylic acids is 1. The van der Waals surface area contributed by atoms with Crippen LogP contribution >= 0.6 is 11.6 Å². The van der Waals surface area contributed by atoms with E-state index in [1.807, 2.05) is 30.1 Å². The summed E-state index contributed by atoms with van der Waals surface area (Å²) < 4.78 is 1.65. The lowest BCUT2D eigenvalue weighted by Crippen LogP contribution is -2.42. The molecule has 0 atom stereocenters. The lowest BCUT2D eigenvalue weighted by atomic mass is 10.0. The smallest absolute Gasteiger partial charge is 0.257 e. The summed E-state index contributed by atoms with van der Waals surface area (Å²) in [6, 6.07) is 7.64. The van der Waals surface area contributed by atoms with Gasteiger partial charge in [0.15, 0.2) is 0 Å². The Morgan fingerprint density at radius 3 is 2.68 bits per heavy atom. The van der Waals surface area contributed by atoms with E-state index in [9.17, 15) is 4.79 Å². The molecule has 2 heterocycles. The van der Waals surface area contributed by atoms with E-state index in [4.69, 9.17) is 17.3 Å². The molecule has 2 N–H and O–H groups in total. The van der Waals surface area contributed by atoms with Crippen molar-refractivity contribution in [3.05, 3.63) is 41.0 Å². The number of likely N-dealkylation sites (tertiary alicyclic amines) is 1. The predicted octanol–water partition coefficient (Wildman–Crippen LogP) is 2.30. The van der Waals surface area contributed by atoms with E-state index >= 15 is 0 Å². The Hall–Kier alpha value is -1.85. The summed E-state index contributed by atoms with van der Waals surface area (Å²) in [5.41, 5.74) is 7.91. The number of halogens is 1. The van der Waals surface area contributed by atoms with Gasteiger partial charge in [-0.3, -0.25) is 9.48 Å². The second-order valence-corrected chi connectivity index (χ2v) is 6.08. The molecule has 0 saturated carbocycles. The average molecular weight is 319 g/mol. The van der Waals surface area contributed by atoms with Crippen LogP contribution in [0.1, 0.15) is 23.2 Å². The lowest BCUT2D eigenvalue weighted by molar-refractivity contribution is 0.0715. The zero-order chi connectivity index (χ0) is 15.7. The van der Waals surface area contributed by atoms with Gasteiger partial charge in [0.05, 0.1) is 10.6 Å². The number of aryl methyl sites for hydroxylation is 1. The van der Waals surface area contributed by atoms with E-state index in [0.29, 0.717) is 29.4 Å². The largest absolute Gasteiger partial charge is 0.338 e. The highest BCUT2D eigenvalue weighted by molar-refractivity contribution is 6.33. The Bertz CT molecular complexity index is 689. The second-order valence-electron chi connectivity index (χ2n) is 5.67. The van der Waals surface area contributed by atoms with Gasteiger partial charge in [0, 0.05) is 37.9 Å². The lowest BCUT2D eigenvalue weighted by Gasteiger charge is -2.30. The molecule has 0 radical (unpaired) electrons. The molecule has 1 aliphatic heterocycles. The van der Waals surface area contributed by atoms with Crippen LogP contribution < -0.4 is 5.73 Å². The summed E-state index contributed by atoms with van der Waals surface area (Å²) in [5, 5.41) is 5.03. The van der Waals surface area contributed by atoms with Crippen LogP contribution in [-0.2, 0) is 7.05 Å². The molecule has 5 nitrogen and oxygen atoms in total. The van der Waals surface area contributed by atoms with Crippen LogP contribution in [0.4, 0.5) is 0 Å². The molecule has 1 aromatic carbocycles. The number of benzene rings is 1. The van der Waals surface area contributed by atoms with Gasteiger partial charge < -0.3 is 10.6 Å². The highest BCUT2D eigenvalue weighted by atomic mass is 35.5. The van der Waals surface area contributed by atoms with Gasteiger partial charge in [0.1, 0.15) is 5.69 Å². The number of amides is 1. The first kappa shape index (κ1) is 15.1. The Kier molecular flexibility index (Phi) is 4.18. The van der Waals surface area contributed by atoms with Crippen molar-refractivity contribution in [1.29, 1.82) is 0 Å². The summed E-state index contributed by atoms with van der Waals surface area (Å²) >= 11 is 6.26. The number of nitrogens with two attached hydrogens (primary N) is 1. The molecule has 3 rings (SSSR count). The van der Waals surface area contributed by atoms with E-state index in [1.54, 1.807) is 16.9 Å². The molecule has 22 heavy (non-hydrogen) atoms. The molecular weight excluding hydrogens is 300 g/mol. The maximum atomic E-state index is 12.8. The summed E-state index contributed by atoms with van der Waals surface area (Å²) in [7, 11) is 1.81. The molecule has 1 saturated heterocycles. The number of hydrogen-bond donors (Lipinski definition) is 1. The molecule has 1 amide bonds. The van der Waals surface area contributed by atoms with E-state index < -0.39 is 0 Å². The van der Waals surface area contributed by atoms with Gasteiger partial charge >= 0.3 is 0 Å². The predicted molar refractivity (Wildman–Crippen MR) is 86.8 cm³/mol. The number of rotatable bonds is 2. The van der Waals surface area contributed by atoms with E-state index in [1.165, 1.54) is 0 Å². The fourth-order valence-electron chi connectivity index (χ4n) is 2.77. The number of aromatic nitrogens is 2. The summed E-state index contributed by atoms with van der Waals surface area (Å²) in [5.74, 6) is -0.00470. The van der Waals surface area contributed by atoms with Crippen LogP contribution in [0.3, 0.4) is 0 Å². The third-order valence-corrected chi connectivity index (χ3v) is 4.34. The minimum absolute atomic E-state index is 0.00470. The fraction of sp³-hybridized carbons (Fsp3) is 0.375. The van der Waals surface area contributed by atoms with Crippen molar-refractivity contribution in [2.45, 2.75) is 18.9 Å². The van der Waals surface area contributed by atoms with E-state index in [0.717, 1.165) is 18.4 Å². The Morgan fingerprint density at radius 2 is 2.00 bits per heavy atom. The maximum absolute atomic E-state index is 12.8. The van der Waals surface area contributed by atoms with Crippen LogP contribution in [0.25, 0.3) is 11.3 Å². The van der Waals surface area contributed by atoms with Gasteiger partial charge in [-0.1, -0.05) is 29.8 Å². The quantitative estimate of drug-likeness (QED) is 0.924. The van der Waals surface area contributed by atoms with Gasteiger partial charge in [0.2, 0.25) is 0 Å². The van der Waals surface area contributed by atoms with Crippen LogP contribution in [-0.4, -0.2) is 39.7 Å². The van der Waals surface area contributed by atoms with Crippen LogP contribution in [0.2, 0.25) is 5.02 Å². The summed E-state index contributed by atoms with van der Waals surface area (Å²) in [6.07, 6.45) is 3.44.